The van der Waals surface area contributed by atoms with Crippen LogP contribution in [0.1, 0.15) is 31.2 Å². The van der Waals surface area contributed by atoms with Crippen molar-refractivity contribution in [3.05, 3.63) is 54.1 Å². The van der Waals surface area contributed by atoms with Gasteiger partial charge in [-0.1, -0.05) is 24.1 Å². The molecular weight excluding hydrogens is 376 g/mol. The number of piperidine rings is 1. The van der Waals surface area contributed by atoms with Crippen LogP contribution in [-0.4, -0.2) is 38.3 Å². The first-order valence-corrected chi connectivity index (χ1v) is 10.9. The van der Waals surface area contributed by atoms with Crippen molar-refractivity contribution in [3.63, 3.8) is 0 Å². The molecule has 3 rings (SSSR count). The van der Waals surface area contributed by atoms with Crippen LogP contribution in [0, 0.1) is 6.92 Å². The summed E-state index contributed by atoms with van der Waals surface area (Å²) in [5.41, 5.74) is 1.83. The Morgan fingerprint density at radius 2 is 1.79 bits per heavy atom. The number of anilines is 1. The predicted octanol–water partition coefficient (Wildman–Crippen LogP) is 3.58. The number of ether oxygens (including phenoxy) is 1. The van der Waals surface area contributed by atoms with Gasteiger partial charge in [0, 0.05) is 24.7 Å². The zero-order valence-corrected chi connectivity index (χ0v) is 17.0. The maximum Gasteiger partial charge on any atom is 0.243 e. The number of aryl methyl sites for hydroxylation is 1. The smallest absolute Gasteiger partial charge is 0.243 e. The van der Waals surface area contributed by atoms with Crippen LogP contribution in [0.4, 0.5) is 5.69 Å². The lowest BCUT2D eigenvalue weighted by atomic mass is 10.0. The second-order valence-corrected chi connectivity index (χ2v) is 8.95. The predicted molar refractivity (Wildman–Crippen MR) is 109 cm³/mol. The number of hydrogen-bond acceptors (Lipinski definition) is 4. The fourth-order valence-electron chi connectivity index (χ4n) is 3.44. The maximum atomic E-state index is 13.1. The SMILES string of the molecule is COc1ccc(S(=O)(=O)N2CCCC[C@H]2CC(=O)Nc2ccc(C)cc2)cc1. The molecule has 0 aromatic heterocycles. The number of rotatable bonds is 6. The van der Waals surface area contributed by atoms with E-state index < -0.39 is 10.0 Å². The van der Waals surface area contributed by atoms with Crippen LogP contribution < -0.4 is 10.1 Å². The minimum Gasteiger partial charge on any atom is -0.497 e. The molecule has 150 valence electrons. The number of methoxy groups -OCH3 is 1. The maximum absolute atomic E-state index is 13.1. The second-order valence-electron chi connectivity index (χ2n) is 7.06. The molecule has 0 saturated carbocycles. The first-order chi connectivity index (χ1) is 13.4. The number of sulfonamides is 1. The largest absolute Gasteiger partial charge is 0.497 e. The first-order valence-electron chi connectivity index (χ1n) is 9.42. The molecule has 2 aromatic carbocycles. The van der Waals surface area contributed by atoms with E-state index in [2.05, 4.69) is 5.32 Å². The summed E-state index contributed by atoms with van der Waals surface area (Å²) < 4.78 is 32.8. The van der Waals surface area contributed by atoms with E-state index in [1.165, 1.54) is 11.4 Å². The number of carbonyl (C=O) groups excluding carboxylic acids is 1. The Kier molecular flexibility index (Phi) is 6.36. The summed E-state index contributed by atoms with van der Waals surface area (Å²) in [6.45, 7) is 2.41. The van der Waals surface area contributed by atoms with E-state index in [1.807, 2.05) is 31.2 Å². The fourth-order valence-corrected chi connectivity index (χ4v) is 5.13. The van der Waals surface area contributed by atoms with Gasteiger partial charge in [0.2, 0.25) is 15.9 Å². The number of amides is 1. The molecule has 1 heterocycles. The normalized spacial score (nSPS) is 17.9. The Bertz CT molecular complexity index is 908. The molecule has 1 saturated heterocycles. The summed E-state index contributed by atoms with van der Waals surface area (Å²) >= 11 is 0. The van der Waals surface area contributed by atoms with E-state index in [1.54, 1.807) is 24.3 Å². The van der Waals surface area contributed by atoms with Crippen molar-refractivity contribution in [1.82, 2.24) is 4.31 Å². The molecular formula is C21H26N2O4S. The van der Waals surface area contributed by atoms with E-state index in [-0.39, 0.29) is 23.3 Å². The van der Waals surface area contributed by atoms with Gasteiger partial charge < -0.3 is 10.1 Å². The standard InChI is InChI=1S/C21H26N2O4S/c1-16-6-8-17(9-7-16)22-21(24)15-18-5-3-4-14-23(18)28(25,26)20-12-10-19(27-2)11-13-20/h6-13,18H,3-5,14-15H2,1-2H3,(H,22,24)/t18-/m0/s1. The highest BCUT2D eigenvalue weighted by atomic mass is 32.2. The number of benzene rings is 2. The Balaban J connectivity index is 1.73. The summed E-state index contributed by atoms with van der Waals surface area (Å²) in [6.07, 6.45) is 2.53. The number of hydrogen-bond donors (Lipinski definition) is 1. The highest BCUT2D eigenvalue weighted by molar-refractivity contribution is 7.89. The summed E-state index contributed by atoms with van der Waals surface area (Å²) in [5.74, 6) is 0.428. The van der Waals surface area contributed by atoms with Gasteiger partial charge >= 0.3 is 0 Å². The lowest BCUT2D eigenvalue weighted by Crippen LogP contribution is -2.45. The van der Waals surface area contributed by atoms with E-state index in [0.717, 1.165) is 24.1 Å². The third-order valence-corrected chi connectivity index (χ3v) is 6.96. The van der Waals surface area contributed by atoms with Crippen LogP contribution in [0.2, 0.25) is 0 Å². The van der Waals surface area contributed by atoms with Crippen molar-refractivity contribution in [2.24, 2.45) is 0 Å². The Labute approximate surface area is 166 Å². The third kappa shape index (κ3) is 4.72. The van der Waals surface area contributed by atoms with Crippen molar-refractivity contribution in [3.8, 4) is 5.75 Å². The molecule has 6 nitrogen and oxygen atoms in total. The minimum absolute atomic E-state index is 0.142. The van der Waals surface area contributed by atoms with Crippen molar-refractivity contribution >= 4 is 21.6 Å². The van der Waals surface area contributed by atoms with Gasteiger partial charge in [-0.05, 0) is 56.2 Å². The molecule has 1 atom stereocenters. The average molecular weight is 403 g/mol. The fraction of sp³-hybridized carbons (Fsp3) is 0.381. The molecule has 1 fully saturated rings. The number of nitrogens with zero attached hydrogens (tertiary/aromatic N) is 1. The van der Waals surface area contributed by atoms with Crippen LogP contribution >= 0.6 is 0 Å². The van der Waals surface area contributed by atoms with E-state index in [0.29, 0.717) is 18.7 Å². The lowest BCUT2D eigenvalue weighted by molar-refractivity contribution is -0.117. The molecule has 0 spiro atoms. The van der Waals surface area contributed by atoms with Gasteiger partial charge in [-0.15, -0.1) is 0 Å². The monoisotopic (exact) mass is 402 g/mol. The molecule has 2 aromatic rings. The van der Waals surface area contributed by atoms with Gasteiger partial charge in [-0.2, -0.15) is 4.31 Å². The first kappa shape index (κ1) is 20.4. The topological polar surface area (TPSA) is 75.7 Å². The molecule has 0 unspecified atom stereocenters. The van der Waals surface area contributed by atoms with Gasteiger partial charge in [0.25, 0.3) is 0 Å². The van der Waals surface area contributed by atoms with E-state index >= 15 is 0 Å². The Hall–Kier alpha value is -2.38. The Morgan fingerprint density at radius 1 is 1.11 bits per heavy atom. The van der Waals surface area contributed by atoms with Crippen LogP contribution in [0.3, 0.4) is 0 Å². The molecule has 1 aliphatic rings. The van der Waals surface area contributed by atoms with Crippen LogP contribution in [0.25, 0.3) is 0 Å². The van der Waals surface area contributed by atoms with E-state index in [4.69, 9.17) is 4.74 Å². The average Bonchev–Trinajstić information content (AvgIpc) is 2.70. The zero-order valence-electron chi connectivity index (χ0n) is 16.2. The molecule has 1 N–H and O–H groups in total. The summed E-state index contributed by atoms with van der Waals surface area (Å²) in [4.78, 5) is 12.7. The van der Waals surface area contributed by atoms with Crippen LogP contribution in [0.5, 0.6) is 5.75 Å². The van der Waals surface area contributed by atoms with Crippen molar-refractivity contribution in [2.75, 3.05) is 19.0 Å². The molecule has 28 heavy (non-hydrogen) atoms. The zero-order chi connectivity index (χ0) is 20.1. The van der Waals surface area contributed by atoms with Crippen LogP contribution in [-0.2, 0) is 14.8 Å². The van der Waals surface area contributed by atoms with Gasteiger partial charge in [-0.25, -0.2) is 8.42 Å². The number of carbonyl (C=O) groups is 1. The lowest BCUT2D eigenvalue weighted by Gasteiger charge is -2.34. The quantitative estimate of drug-likeness (QED) is 0.801. The summed E-state index contributed by atoms with van der Waals surface area (Å²) in [7, 11) is -2.12. The highest BCUT2D eigenvalue weighted by Crippen LogP contribution is 2.28. The van der Waals surface area contributed by atoms with Gasteiger partial charge in [-0.3, -0.25) is 4.79 Å². The van der Waals surface area contributed by atoms with Gasteiger partial charge in [0.1, 0.15) is 5.75 Å². The third-order valence-electron chi connectivity index (χ3n) is 5.00. The summed E-state index contributed by atoms with van der Waals surface area (Å²) in [6, 6.07) is 13.6. The van der Waals surface area contributed by atoms with Crippen LogP contribution in [0.15, 0.2) is 53.4 Å². The van der Waals surface area contributed by atoms with Crippen molar-refractivity contribution in [1.29, 1.82) is 0 Å². The van der Waals surface area contributed by atoms with Gasteiger partial charge in [0.05, 0.1) is 12.0 Å². The molecule has 0 radical (unpaired) electrons. The Morgan fingerprint density at radius 3 is 2.43 bits per heavy atom. The molecule has 1 aliphatic heterocycles. The van der Waals surface area contributed by atoms with Gasteiger partial charge in [0.15, 0.2) is 0 Å². The number of nitrogens with one attached hydrogen (secondary N) is 1. The summed E-state index contributed by atoms with van der Waals surface area (Å²) in [5, 5.41) is 2.87. The van der Waals surface area contributed by atoms with Crippen molar-refractivity contribution < 1.29 is 17.9 Å². The molecule has 0 bridgehead atoms. The minimum atomic E-state index is -3.66. The van der Waals surface area contributed by atoms with Crippen molar-refractivity contribution in [2.45, 2.75) is 43.5 Å². The van der Waals surface area contributed by atoms with E-state index in [9.17, 15) is 13.2 Å². The highest BCUT2D eigenvalue weighted by Gasteiger charge is 2.34. The molecule has 7 heteroatoms. The second kappa shape index (κ2) is 8.75. The molecule has 0 aliphatic carbocycles. The molecule has 1 amide bonds.